The molecule has 0 radical (unpaired) electrons. The highest BCUT2D eigenvalue weighted by Crippen LogP contribution is 2.22. The Morgan fingerprint density at radius 2 is 1.85 bits per heavy atom. The number of piperazine rings is 1. The summed E-state index contributed by atoms with van der Waals surface area (Å²) in [5.41, 5.74) is 1.74. The fraction of sp³-hybridized carbons (Fsp3) is 0.263. The van der Waals surface area contributed by atoms with Crippen molar-refractivity contribution in [1.29, 1.82) is 0 Å². The maximum atomic E-state index is 13.4. The first-order valence-corrected chi connectivity index (χ1v) is 8.87. The third-order valence-electron chi connectivity index (χ3n) is 4.49. The van der Waals surface area contributed by atoms with Crippen molar-refractivity contribution in [3.63, 3.8) is 0 Å². The second-order valence-electron chi connectivity index (χ2n) is 6.27. The van der Waals surface area contributed by atoms with Crippen molar-refractivity contribution < 1.29 is 8.91 Å². The molecule has 26 heavy (non-hydrogen) atoms. The summed E-state index contributed by atoms with van der Waals surface area (Å²) >= 11 is 6.24. The van der Waals surface area contributed by atoms with E-state index in [1.54, 1.807) is 12.1 Å². The Bertz CT molecular complexity index is 893. The number of benzene rings is 2. The second kappa shape index (κ2) is 7.43. The van der Waals surface area contributed by atoms with E-state index in [4.69, 9.17) is 16.1 Å². The Labute approximate surface area is 156 Å². The van der Waals surface area contributed by atoms with Gasteiger partial charge >= 0.3 is 6.01 Å². The summed E-state index contributed by atoms with van der Waals surface area (Å²) in [6, 6.07) is 14.6. The maximum Gasteiger partial charge on any atom is 0.324 e. The van der Waals surface area contributed by atoms with Gasteiger partial charge < -0.3 is 9.42 Å². The van der Waals surface area contributed by atoms with Crippen LogP contribution in [0, 0.1) is 5.82 Å². The van der Waals surface area contributed by atoms with E-state index in [-0.39, 0.29) is 5.82 Å². The van der Waals surface area contributed by atoms with E-state index in [2.05, 4.69) is 26.0 Å². The molecule has 7 heteroatoms. The van der Waals surface area contributed by atoms with Crippen LogP contribution >= 0.6 is 11.6 Å². The highest BCUT2D eigenvalue weighted by molar-refractivity contribution is 6.31. The lowest BCUT2D eigenvalue weighted by Gasteiger charge is -2.33. The lowest BCUT2D eigenvalue weighted by Crippen LogP contribution is -2.46. The minimum atomic E-state index is -0.318. The molecular formula is C19H18ClFN4O. The van der Waals surface area contributed by atoms with E-state index in [0.717, 1.165) is 43.3 Å². The fourth-order valence-corrected chi connectivity index (χ4v) is 3.25. The normalized spacial score (nSPS) is 15.4. The molecule has 1 aliphatic rings. The molecule has 1 fully saturated rings. The predicted molar refractivity (Wildman–Crippen MR) is 98.6 cm³/mol. The van der Waals surface area contributed by atoms with Gasteiger partial charge in [0.25, 0.3) is 0 Å². The van der Waals surface area contributed by atoms with Crippen LogP contribution in [-0.2, 0) is 6.54 Å². The molecule has 4 rings (SSSR count). The summed E-state index contributed by atoms with van der Waals surface area (Å²) in [4.78, 5) is 8.81. The van der Waals surface area contributed by atoms with Crippen molar-refractivity contribution in [3.8, 4) is 11.4 Å². The van der Waals surface area contributed by atoms with Crippen LogP contribution in [0.4, 0.5) is 10.4 Å². The van der Waals surface area contributed by atoms with Gasteiger partial charge in [-0.15, -0.1) is 0 Å². The van der Waals surface area contributed by atoms with Crippen LogP contribution in [0.5, 0.6) is 0 Å². The van der Waals surface area contributed by atoms with Gasteiger partial charge in [-0.3, -0.25) is 4.90 Å². The first-order chi connectivity index (χ1) is 12.7. The number of hydrogen-bond donors (Lipinski definition) is 0. The van der Waals surface area contributed by atoms with Crippen LogP contribution < -0.4 is 4.90 Å². The SMILES string of the molecule is Fc1cccc(-c2noc(N3CCN(Cc4ccccc4Cl)CC3)n2)c1. The average Bonchev–Trinajstić information content (AvgIpc) is 3.14. The standard InChI is InChI=1S/C19H18ClFN4O/c20-17-7-2-1-4-15(17)13-24-8-10-25(11-9-24)19-22-18(23-26-19)14-5-3-6-16(21)12-14/h1-7,12H,8-11,13H2. The molecule has 0 N–H and O–H groups in total. The van der Waals surface area contributed by atoms with Gasteiger partial charge in [-0.1, -0.05) is 47.1 Å². The van der Waals surface area contributed by atoms with Gasteiger partial charge in [0.15, 0.2) is 0 Å². The molecule has 0 atom stereocenters. The van der Waals surface area contributed by atoms with Gasteiger partial charge in [0.05, 0.1) is 0 Å². The first-order valence-electron chi connectivity index (χ1n) is 8.49. The quantitative estimate of drug-likeness (QED) is 0.696. The molecule has 134 valence electrons. The Hall–Kier alpha value is -2.44. The molecule has 0 aliphatic carbocycles. The van der Waals surface area contributed by atoms with Gasteiger partial charge in [0.1, 0.15) is 5.82 Å². The van der Waals surface area contributed by atoms with E-state index in [1.807, 2.05) is 18.2 Å². The number of hydrogen-bond acceptors (Lipinski definition) is 5. The second-order valence-corrected chi connectivity index (χ2v) is 6.67. The Kier molecular flexibility index (Phi) is 4.86. The molecule has 0 unspecified atom stereocenters. The minimum Gasteiger partial charge on any atom is -0.322 e. The number of aromatic nitrogens is 2. The van der Waals surface area contributed by atoms with Crippen LogP contribution in [0.2, 0.25) is 5.02 Å². The van der Waals surface area contributed by atoms with Crippen molar-refractivity contribution >= 4 is 17.6 Å². The van der Waals surface area contributed by atoms with Gasteiger partial charge in [-0.25, -0.2) is 4.39 Å². The van der Waals surface area contributed by atoms with E-state index >= 15 is 0 Å². The van der Waals surface area contributed by atoms with Crippen molar-refractivity contribution in [2.24, 2.45) is 0 Å². The zero-order chi connectivity index (χ0) is 17.9. The maximum absolute atomic E-state index is 13.4. The summed E-state index contributed by atoms with van der Waals surface area (Å²) in [7, 11) is 0. The van der Waals surface area contributed by atoms with Gasteiger partial charge in [0.2, 0.25) is 5.82 Å². The third-order valence-corrected chi connectivity index (χ3v) is 4.86. The van der Waals surface area contributed by atoms with E-state index in [9.17, 15) is 4.39 Å². The van der Waals surface area contributed by atoms with Crippen LogP contribution in [-0.4, -0.2) is 41.2 Å². The smallest absolute Gasteiger partial charge is 0.322 e. The Balaban J connectivity index is 1.39. The molecule has 0 amide bonds. The molecule has 0 saturated carbocycles. The molecule has 0 spiro atoms. The van der Waals surface area contributed by atoms with Crippen LogP contribution in [0.1, 0.15) is 5.56 Å². The molecule has 2 aromatic carbocycles. The highest BCUT2D eigenvalue weighted by Gasteiger charge is 2.22. The Morgan fingerprint density at radius 1 is 1.04 bits per heavy atom. The lowest BCUT2D eigenvalue weighted by molar-refractivity contribution is 0.242. The van der Waals surface area contributed by atoms with Crippen molar-refractivity contribution in [1.82, 2.24) is 15.0 Å². The lowest BCUT2D eigenvalue weighted by atomic mass is 10.2. The summed E-state index contributed by atoms with van der Waals surface area (Å²) in [6.07, 6.45) is 0. The third kappa shape index (κ3) is 3.71. The first kappa shape index (κ1) is 17.0. The van der Waals surface area contributed by atoms with Gasteiger partial charge in [-0.2, -0.15) is 4.98 Å². The summed E-state index contributed by atoms with van der Waals surface area (Å²) in [5.74, 6) is 0.0834. The molecule has 2 heterocycles. The van der Waals surface area contributed by atoms with Crippen LogP contribution in [0.15, 0.2) is 53.1 Å². The van der Waals surface area contributed by atoms with E-state index in [1.165, 1.54) is 12.1 Å². The highest BCUT2D eigenvalue weighted by atomic mass is 35.5. The molecule has 3 aromatic rings. The van der Waals surface area contributed by atoms with Crippen molar-refractivity contribution in [2.75, 3.05) is 31.1 Å². The molecular weight excluding hydrogens is 355 g/mol. The zero-order valence-corrected chi connectivity index (χ0v) is 14.9. The molecule has 0 bridgehead atoms. The Morgan fingerprint density at radius 3 is 2.62 bits per heavy atom. The fourth-order valence-electron chi connectivity index (χ4n) is 3.05. The summed E-state index contributed by atoms with van der Waals surface area (Å²) < 4.78 is 18.7. The molecule has 5 nitrogen and oxygen atoms in total. The summed E-state index contributed by atoms with van der Waals surface area (Å²) in [5, 5.41) is 4.77. The van der Waals surface area contributed by atoms with Crippen molar-refractivity contribution in [3.05, 3.63) is 64.9 Å². The van der Waals surface area contributed by atoms with Crippen molar-refractivity contribution in [2.45, 2.75) is 6.54 Å². The van der Waals surface area contributed by atoms with Crippen LogP contribution in [0.25, 0.3) is 11.4 Å². The monoisotopic (exact) mass is 372 g/mol. The minimum absolute atomic E-state index is 0.318. The van der Waals surface area contributed by atoms with Crippen LogP contribution in [0.3, 0.4) is 0 Å². The number of halogens is 2. The van der Waals surface area contributed by atoms with E-state index < -0.39 is 0 Å². The predicted octanol–water partition coefficient (Wildman–Crippen LogP) is 3.85. The zero-order valence-electron chi connectivity index (χ0n) is 14.1. The van der Waals surface area contributed by atoms with Gasteiger partial charge in [0, 0.05) is 43.3 Å². The largest absolute Gasteiger partial charge is 0.324 e. The number of nitrogens with zero attached hydrogens (tertiary/aromatic N) is 4. The average molecular weight is 373 g/mol. The van der Waals surface area contributed by atoms with Gasteiger partial charge in [-0.05, 0) is 23.8 Å². The number of anilines is 1. The topological polar surface area (TPSA) is 45.4 Å². The molecule has 1 aromatic heterocycles. The summed E-state index contributed by atoms with van der Waals surface area (Å²) in [6.45, 7) is 4.15. The molecule has 1 saturated heterocycles. The molecule has 1 aliphatic heterocycles. The van der Waals surface area contributed by atoms with E-state index in [0.29, 0.717) is 17.4 Å². The number of rotatable bonds is 4.